The number of fused-ring (bicyclic) bond motifs is 1. The highest BCUT2D eigenvalue weighted by Crippen LogP contribution is 2.21. The van der Waals surface area contributed by atoms with Crippen molar-refractivity contribution in [1.29, 1.82) is 0 Å². The third-order valence-corrected chi connectivity index (χ3v) is 5.05. The van der Waals surface area contributed by atoms with Crippen LogP contribution in [0.5, 0.6) is 0 Å². The van der Waals surface area contributed by atoms with Crippen molar-refractivity contribution in [2.75, 3.05) is 0 Å². The molecule has 6 heteroatoms. The van der Waals surface area contributed by atoms with E-state index >= 15 is 0 Å². The van der Waals surface area contributed by atoms with Gasteiger partial charge in [0.1, 0.15) is 0 Å². The van der Waals surface area contributed by atoms with E-state index in [0.29, 0.717) is 22.6 Å². The summed E-state index contributed by atoms with van der Waals surface area (Å²) in [5, 5.41) is 3.67. The summed E-state index contributed by atoms with van der Waals surface area (Å²) >= 11 is 1.28. The van der Waals surface area contributed by atoms with Crippen molar-refractivity contribution in [1.82, 2.24) is 14.9 Å². The van der Waals surface area contributed by atoms with Gasteiger partial charge in [0, 0.05) is 13.6 Å². The molecule has 3 aromatic rings. The first kappa shape index (κ1) is 17.2. The van der Waals surface area contributed by atoms with Gasteiger partial charge in [0.25, 0.3) is 5.56 Å². The van der Waals surface area contributed by atoms with Crippen molar-refractivity contribution >= 4 is 28.6 Å². The molecule has 0 aliphatic rings. The Morgan fingerprint density at radius 2 is 1.84 bits per heavy atom. The number of benzene rings is 2. The highest BCUT2D eigenvalue weighted by Gasteiger charge is 2.18. The maximum Gasteiger partial charge on any atom is 0.261 e. The van der Waals surface area contributed by atoms with Gasteiger partial charge < -0.3 is 5.32 Å². The zero-order chi connectivity index (χ0) is 17.8. The van der Waals surface area contributed by atoms with E-state index in [2.05, 4.69) is 10.3 Å². The minimum Gasteiger partial charge on any atom is -0.351 e. The summed E-state index contributed by atoms with van der Waals surface area (Å²) in [5.74, 6) is -0.0868. The summed E-state index contributed by atoms with van der Waals surface area (Å²) in [6.45, 7) is 2.29. The van der Waals surface area contributed by atoms with Crippen LogP contribution in [0, 0.1) is 0 Å². The molecule has 1 amide bonds. The molecule has 0 bridgehead atoms. The van der Waals surface area contributed by atoms with Gasteiger partial charge in [-0.3, -0.25) is 14.2 Å². The zero-order valence-corrected chi connectivity index (χ0v) is 14.9. The Kier molecular flexibility index (Phi) is 5.19. The second kappa shape index (κ2) is 7.53. The fraction of sp³-hybridized carbons (Fsp3) is 0.211. The number of carbonyl (C=O) groups is 1. The molecule has 0 aliphatic heterocycles. The standard InChI is InChI=1S/C19H19N3O2S/c1-13(17(23)20-12-14-8-4-3-5-9-14)25-19-21-16-11-7-6-10-15(16)18(24)22(19)2/h3-11,13H,12H2,1-2H3,(H,20,23). The van der Waals surface area contributed by atoms with E-state index in [0.717, 1.165) is 5.56 Å². The van der Waals surface area contributed by atoms with Crippen LogP contribution in [0.1, 0.15) is 12.5 Å². The molecular formula is C19H19N3O2S. The molecule has 0 saturated heterocycles. The fourth-order valence-corrected chi connectivity index (χ4v) is 3.34. The number of thioether (sulfide) groups is 1. The van der Waals surface area contributed by atoms with Crippen molar-refractivity contribution in [2.45, 2.75) is 23.9 Å². The summed E-state index contributed by atoms with van der Waals surface area (Å²) in [5.41, 5.74) is 1.58. The number of amides is 1. The molecule has 1 heterocycles. The normalized spacial score (nSPS) is 12.1. The van der Waals surface area contributed by atoms with Crippen LogP contribution in [0.15, 0.2) is 64.5 Å². The van der Waals surface area contributed by atoms with Gasteiger partial charge in [-0.05, 0) is 24.6 Å². The predicted molar refractivity (Wildman–Crippen MR) is 101 cm³/mol. The van der Waals surface area contributed by atoms with Gasteiger partial charge in [-0.15, -0.1) is 0 Å². The first-order valence-electron chi connectivity index (χ1n) is 8.00. The van der Waals surface area contributed by atoms with Crippen LogP contribution in [-0.4, -0.2) is 20.7 Å². The van der Waals surface area contributed by atoms with Gasteiger partial charge in [0.2, 0.25) is 5.91 Å². The van der Waals surface area contributed by atoms with Gasteiger partial charge in [-0.25, -0.2) is 4.98 Å². The first-order chi connectivity index (χ1) is 12.1. The Labute approximate surface area is 150 Å². The molecule has 1 N–H and O–H groups in total. The summed E-state index contributed by atoms with van der Waals surface area (Å²) in [4.78, 5) is 29.3. The van der Waals surface area contributed by atoms with Crippen molar-refractivity contribution in [2.24, 2.45) is 7.05 Å². The van der Waals surface area contributed by atoms with Gasteiger partial charge in [0.05, 0.1) is 16.2 Å². The van der Waals surface area contributed by atoms with E-state index in [4.69, 9.17) is 0 Å². The van der Waals surface area contributed by atoms with Crippen LogP contribution in [0.25, 0.3) is 10.9 Å². The molecular weight excluding hydrogens is 334 g/mol. The Bertz CT molecular complexity index is 954. The molecule has 5 nitrogen and oxygen atoms in total. The SMILES string of the molecule is CC(Sc1nc2ccccc2c(=O)n1C)C(=O)NCc1ccccc1. The third-order valence-electron chi connectivity index (χ3n) is 3.90. The largest absolute Gasteiger partial charge is 0.351 e. The highest BCUT2D eigenvalue weighted by atomic mass is 32.2. The van der Waals surface area contributed by atoms with E-state index in [-0.39, 0.29) is 16.7 Å². The Balaban J connectivity index is 1.73. The molecule has 0 spiro atoms. The minimum absolute atomic E-state index is 0.0868. The lowest BCUT2D eigenvalue weighted by atomic mass is 10.2. The van der Waals surface area contributed by atoms with Gasteiger partial charge in [0.15, 0.2) is 5.16 Å². The fourth-order valence-electron chi connectivity index (χ4n) is 2.44. The highest BCUT2D eigenvalue weighted by molar-refractivity contribution is 8.00. The van der Waals surface area contributed by atoms with Crippen molar-refractivity contribution < 1.29 is 4.79 Å². The molecule has 0 saturated carbocycles. The summed E-state index contributed by atoms with van der Waals surface area (Å²) in [6, 6.07) is 17.0. The monoisotopic (exact) mass is 353 g/mol. The topological polar surface area (TPSA) is 64.0 Å². The second-order valence-electron chi connectivity index (χ2n) is 5.74. The smallest absolute Gasteiger partial charge is 0.261 e. The number of hydrogen-bond donors (Lipinski definition) is 1. The van der Waals surface area contributed by atoms with E-state index in [1.54, 1.807) is 19.2 Å². The molecule has 25 heavy (non-hydrogen) atoms. The number of rotatable bonds is 5. The Hall–Kier alpha value is -2.60. The van der Waals surface area contributed by atoms with Gasteiger partial charge >= 0.3 is 0 Å². The molecule has 3 rings (SSSR count). The van der Waals surface area contributed by atoms with Gasteiger partial charge in [-0.2, -0.15) is 0 Å². The molecule has 0 fully saturated rings. The molecule has 0 aliphatic carbocycles. The average Bonchev–Trinajstić information content (AvgIpc) is 2.64. The van der Waals surface area contributed by atoms with Crippen LogP contribution >= 0.6 is 11.8 Å². The Morgan fingerprint density at radius 1 is 1.16 bits per heavy atom. The first-order valence-corrected chi connectivity index (χ1v) is 8.88. The molecule has 1 unspecified atom stereocenters. The number of aromatic nitrogens is 2. The zero-order valence-electron chi connectivity index (χ0n) is 14.1. The van der Waals surface area contributed by atoms with E-state index in [1.807, 2.05) is 49.4 Å². The number of nitrogens with one attached hydrogen (secondary N) is 1. The lowest BCUT2D eigenvalue weighted by Crippen LogP contribution is -2.31. The number of nitrogens with zero attached hydrogens (tertiary/aromatic N) is 2. The van der Waals surface area contributed by atoms with E-state index < -0.39 is 0 Å². The average molecular weight is 353 g/mol. The lowest BCUT2D eigenvalue weighted by Gasteiger charge is -2.14. The van der Waals surface area contributed by atoms with Crippen molar-refractivity contribution in [3.8, 4) is 0 Å². The van der Waals surface area contributed by atoms with Gasteiger partial charge in [-0.1, -0.05) is 54.2 Å². The van der Waals surface area contributed by atoms with Crippen molar-refractivity contribution in [3.63, 3.8) is 0 Å². The minimum atomic E-state index is -0.358. The van der Waals surface area contributed by atoms with Crippen LogP contribution < -0.4 is 10.9 Å². The molecule has 1 atom stereocenters. The Morgan fingerprint density at radius 3 is 2.60 bits per heavy atom. The quantitative estimate of drug-likeness (QED) is 0.566. The van der Waals surface area contributed by atoms with Crippen molar-refractivity contribution in [3.05, 3.63) is 70.5 Å². The lowest BCUT2D eigenvalue weighted by molar-refractivity contribution is -0.120. The molecule has 1 aromatic heterocycles. The maximum atomic E-state index is 12.4. The number of carbonyl (C=O) groups excluding carboxylic acids is 1. The summed E-state index contributed by atoms with van der Waals surface area (Å²) < 4.78 is 1.49. The summed E-state index contributed by atoms with van der Waals surface area (Å²) in [6.07, 6.45) is 0. The second-order valence-corrected chi connectivity index (χ2v) is 7.05. The number of para-hydroxylation sites is 1. The van der Waals surface area contributed by atoms with Crippen LogP contribution in [0.3, 0.4) is 0 Å². The maximum absolute atomic E-state index is 12.4. The predicted octanol–water partition coefficient (Wildman–Crippen LogP) is 2.73. The third kappa shape index (κ3) is 3.91. The van der Waals surface area contributed by atoms with E-state index in [1.165, 1.54) is 16.3 Å². The molecule has 0 radical (unpaired) electrons. The van der Waals surface area contributed by atoms with Crippen LogP contribution in [0.4, 0.5) is 0 Å². The molecule has 128 valence electrons. The molecule has 2 aromatic carbocycles. The van der Waals surface area contributed by atoms with Crippen LogP contribution in [-0.2, 0) is 18.4 Å². The van der Waals surface area contributed by atoms with Crippen LogP contribution in [0.2, 0.25) is 0 Å². The summed E-state index contributed by atoms with van der Waals surface area (Å²) in [7, 11) is 1.68. The van der Waals surface area contributed by atoms with E-state index in [9.17, 15) is 9.59 Å². The number of hydrogen-bond acceptors (Lipinski definition) is 4.